The van der Waals surface area contributed by atoms with E-state index < -0.39 is 10.2 Å². The van der Waals surface area contributed by atoms with Gasteiger partial charge in [0.2, 0.25) is 0 Å². The Morgan fingerprint density at radius 1 is 1.33 bits per heavy atom. The predicted octanol–water partition coefficient (Wildman–Crippen LogP) is 1.46. The Morgan fingerprint density at radius 3 is 2.88 bits per heavy atom. The summed E-state index contributed by atoms with van der Waals surface area (Å²) in [6.45, 7) is 8.26. The van der Waals surface area contributed by atoms with E-state index >= 15 is 0 Å². The lowest BCUT2D eigenvalue weighted by molar-refractivity contribution is 0.306. The van der Waals surface area contributed by atoms with Crippen molar-refractivity contribution in [1.82, 2.24) is 19.3 Å². The first-order valence-corrected chi connectivity index (χ1v) is 9.87. The maximum absolute atomic E-state index is 12.4. The molecule has 1 aromatic carbocycles. The normalized spacial score (nSPS) is 19.9. The maximum Gasteiger partial charge on any atom is 0.279 e. The van der Waals surface area contributed by atoms with Gasteiger partial charge in [-0.1, -0.05) is 18.2 Å². The van der Waals surface area contributed by atoms with Crippen molar-refractivity contribution in [1.29, 1.82) is 0 Å². The first-order chi connectivity index (χ1) is 11.4. The molecule has 2 heterocycles. The van der Waals surface area contributed by atoms with Crippen LogP contribution < -0.4 is 10.0 Å². The number of nitrogens with zero attached hydrogens (tertiary/aromatic N) is 1. The number of para-hydroxylation sites is 1. The minimum absolute atomic E-state index is 0.189. The number of benzene rings is 1. The number of piperazine rings is 1. The van der Waals surface area contributed by atoms with Crippen LogP contribution in [0.5, 0.6) is 0 Å². The van der Waals surface area contributed by atoms with Gasteiger partial charge in [-0.25, -0.2) is 4.72 Å². The SMILES string of the molecule is Cc1[nH]c2c(C)cccc2c1CCNS(=O)(=O)N1CCNC(C)C1. The molecule has 0 aliphatic carbocycles. The molecule has 0 amide bonds. The molecule has 7 heteroatoms. The van der Waals surface area contributed by atoms with Crippen molar-refractivity contribution in [2.24, 2.45) is 0 Å². The molecule has 0 spiro atoms. The number of hydrogen-bond donors (Lipinski definition) is 3. The molecule has 0 saturated carbocycles. The van der Waals surface area contributed by atoms with Crippen LogP contribution in [0, 0.1) is 13.8 Å². The third-order valence-corrected chi connectivity index (χ3v) is 6.27. The number of H-pyrrole nitrogens is 1. The van der Waals surface area contributed by atoms with E-state index in [1.807, 2.05) is 19.9 Å². The van der Waals surface area contributed by atoms with Crippen LogP contribution in [0.4, 0.5) is 0 Å². The first kappa shape index (κ1) is 17.4. The number of hydrogen-bond acceptors (Lipinski definition) is 3. The smallest absolute Gasteiger partial charge is 0.279 e. The maximum atomic E-state index is 12.4. The summed E-state index contributed by atoms with van der Waals surface area (Å²) in [5.41, 5.74) is 4.64. The van der Waals surface area contributed by atoms with Gasteiger partial charge in [0.15, 0.2) is 0 Å². The summed E-state index contributed by atoms with van der Waals surface area (Å²) in [4.78, 5) is 3.42. The lowest BCUT2D eigenvalue weighted by Crippen LogP contribution is -2.54. The molecular formula is C17H26N4O2S. The van der Waals surface area contributed by atoms with Crippen molar-refractivity contribution in [2.75, 3.05) is 26.2 Å². The average Bonchev–Trinajstić information content (AvgIpc) is 2.85. The quantitative estimate of drug-likeness (QED) is 0.764. The summed E-state index contributed by atoms with van der Waals surface area (Å²) in [6, 6.07) is 6.40. The minimum atomic E-state index is -3.41. The highest BCUT2D eigenvalue weighted by atomic mass is 32.2. The highest BCUT2D eigenvalue weighted by Gasteiger charge is 2.26. The predicted molar refractivity (Wildman–Crippen MR) is 97.4 cm³/mol. The first-order valence-electron chi connectivity index (χ1n) is 8.43. The molecule has 2 aromatic rings. The van der Waals surface area contributed by atoms with E-state index in [-0.39, 0.29) is 6.04 Å². The van der Waals surface area contributed by atoms with E-state index in [9.17, 15) is 8.42 Å². The topological polar surface area (TPSA) is 77.2 Å². The van der Waals surface area contributed by atoms with Gasteiger partial charge in [-0.15, -0.1) is 0 Å². The van der Waals surface area contributed by atoms with E-state index in [0.29, 0.717) is 32.6 Å². The van der Waals surface area contributed by atoms with Crippen LogP contribution >= 0.6 is 0 Å². The van der Waals surface area contributed by atoms with Crippen LogP contribution in [0.1, 0.15) is 23.7 Å². The van der Waals surface area contributed by atoms with E-state index in [1.165, 1.54) is 20.8 Å². The van der Waals surface area contributed by atoms with Crippen LogP contribution in [0.3, 0.4) is 0 Å². The van der Waals surface area contributed by atoms with E-state index in [2.05, 4.69) is 34.1 Å². The Balaban J connectivity index is 1.68. The summed E-state index contributed by atoms with van der Waals surface area (Å²) >= 11 is 0. The van der Waals surface area contributed by atoms with Gasteiger partial charge in [0.05, 0.1) is 0 Å². The Hall–Kier alpha value is -1.41. The van der Waals surface area contributed by atoms with Gasteiger partial charge in [-0.05, 0) is 38.3 Å². The van der Waals surface area contributed by atoms with Gasteiger partial charge >= 0.3 is 0 Å². The Bertz CT molecular complexity index is 828. The summed E-state index contributed by atoms with van der Waals surface area (Å²) < 4.78 is 29.2. The second-order valence-electron chi connectivity index (χ2n) is 6.59. The fraction of sp³-hybridized carbons (Fsp3) is 0.529. The molecule has 1 unspecified atom stereocenters. The number of aromatic amines is 1. The molecule has 132 valence electrons. The van der Waals surface area contributed by atoms with Crippen molar-refractivity contribution < 1.29 is 8.42 Å². The standard InChI is InChI=1S/C17H26N4O2S/c1-12-5-4-6-16-15(14(3)20-17(12)16)7-8-19-24(22,23)21-10-9-18-13(2)11-21/h4-6,13,18-20H,7-11H2,1-3H3. The molecule has 6 nitrogen and oxygen atoms in total. The van der Waals surface area contributed by atoms with Gasteiger partial charge in [-0.2, -0.15) is 12.7 Å². The molecule has 1 fully saturated rings. The van der Waals surface area contributed by atoms with E-state index in [1.54, 1.807) is 0 Å². The van der Waals surface area contributed by atoms with Crippen LogP contribution in [-0.2, 0) is 16.6 Å². The summed E-state index contributed by atoms with van der Waals surface area (Å²) in [5, 5.41) is 4.44. The summed E-state index contributed by atoms with van der Waals surface area (Å²) in [7, 11) is -3.41. The van der Waals surface area contributed by atoms with E-state index in [4.69, 9.17) is 0 Å². The van der Waals surface area contributed by atoms with Crippen molar-refractivity contribution >= 4 is 21.1 Å². The summed E-state index contributed by atoms with van der Waals surface area (Å²) in [5.74, 6) is 0. The number of aryl methyl sites for hydroxylation is 2. The zero-order valence-corrected chi connectivity index (χ0v) is 15.3. The fourth-order valence-electron chi connectivity index (χ4n) is 3.38. The zero-order chi connectivity index (χ0) is 17.3. The molecule has 0 bridgehead atoms. The van der Waals surface area contributed by atoms with Crippen LogP contribution in [0.25, 0.3) is 10.9 Å². The zero-order valence-electron chi connectivity index (χ0n) is 14.5. The summed E-state index contributed by atoms with van der Waals surface area (Å²) in [6.07, 6.45) is 0.677. The van der Waals surface area contributed by atoms with Crippen molar-refractivity contribution in [2.45, 2.75) is 33.2 Å². The van der Waals surface area contributed by atoms with Crippen LogP contribution in [0.15, 0.2) is 18.2 Å². The second-order valence-corrected chi connectivity index (χ2v) is 8.34. The lowest BCUT2D eigenvalue weighted by Gasteiger charge is -2.30. The Kier molecular flexibility index (Phi) is 4.96. The van der Waals surface area contributed by atoms with Crippen LogP contribution in [-0.4, -0.2) is 49.9 Å². The Morgan fingerprint density at radius 2 is 2.12 bits per heavy atom. The van der Waals surface area contributed by atoms with Gasteiger partial charge in [0.1, 0.15) is 0 Å². The average molecular weight is 350 g/mol. The molecule has 24 heavy (non-hydrogen) atoms. The minimum Gasteiger partial charge on any atom is -0.358 e. The van der Waals surface area contributed by atoms with Crippen LogP contribution in [0.2, 0.25) is 0 Å². The van der Waals surface area contributed by atoms with Gasteiger partial charge in [0.25, 0.3) is 10.2 Å². The molecule has 1 saturated heterocycles. The second kappa shape index (κ2) is 6.84. The number of aromatic nitrogens is 1. The molecule has 1 aromatic heterocycles. The highest BCUT2D eigenvalue weighted by molar-refractivity contribution is 7.87. The van der Waals surface area contributed by atoms with E-state index in [0.717, 1.165) is 11.2 Å². The third kappa shape index (κ3) is 3.49. The molecule has 1 aliphatic heterocycles. The monoisotopic (exact) mass is 350 g/mol. The van der Waals surface area contributed by atoms with Gasteiger partial charge in [0, 0.05) is 48.8 Å². The number of rotatable bonds is 5. The highest BCUT2D eigenvalue weighted by Crippen LogP contribution is 2.24. The molecule has 1 aliphatic rings. The Labute approximate surface area is 143 Å². The molecule has 1 atom stereocenters. The molecule has 3 rings (SSSR count). The van der Waals surface area contributed by atoms with Gasteiger partial charge in [-0.3, -0.25) is 0 Å². The number of nitrogens with one attached hydrogen (secondary N) is 3. The molecular weight excluding hydrogens is 324 g/mol. The lowest BCUT2D eigenvalue weighted by atomic mass is 10.1. The van der Waals surface area contributed by atoms with Crippen molar-refractivity contribution in [3.63, 3.8) is 0 Å². The largest absolute Gasteiger partial charge is 0.358 e. The molecule has 3 N–H and O–H groups in total. The van der Waals surface area contributed by atoms with Crippen molar-refractivity contribution in [3.05, 3.63) is 35.0 Å². The molecule has 0 radical (unpaired) electrons. The number of fused-ring (bicyclic) bond motifs is 1. The van der Waals surface area contributed by atoms with Crippen molar-refractivity contribution in [3.8, 4) is 0 Å². The fourth-order valence-corrected chi connectivity index (χ4v) is 4.68. The third-order valence-electron chi connectivity index (χ3n) is 4.69. The van der Waals surface area contributed by atoms with Gasteiger partial charge < -0.3 is 10.3 Å².